The number of carbonyl (C=O) groups excluding carboxylic acids is 1. The second-order valence-electron chi connectivity index (χ2n) is 7.36. The van der Waals surface area contributed by atoms with Crippen LogP contribution in [0, 0.1) is 5.82 Å². The lowest BCUT2D eigenvalue weighted by molar-refractivity contribution is 0.0949. The SMILES string of the molecule is O=C(NCc1ccc2c(c1)OCO2)c1cc2cccnc2n(Cc2ccc(F)cc2)c1=O. The number of nitrogens with one attached hydrogen (secondary N) is 1. The normalized spacial score (nSPS) is 12.2. The number of carbonyl (C=O) groups is 1. The molecule has 3 heterocycles. The van der Waals surface area contributed by atoms with E-state index in [9.17, 15) is 14.0 Å². The van der Waals surface area contributed by atoms with Crippen molar-refractivity contribution in [2.45, 2.75) is 13.1 Å². The van der Waals surface area contributed by atoms with Crippen LogP contribution in [-0.4, -0.2) is 22.3 Å². The summed E-state index contributed by atoms with van der Waals surface area (Å²) in [6.45, 7) is 0.553. The van der Waals surface area contributed by atoms with Gasteiger partial charge in [-0.3, -0.25) is 14.2 Å². The van der Waals surface area contributed by atoms with Gasteiger partial charge in [0.1, 0.15) is 17.0 Å². The Morgan fingerprint density at radius 1 is 1.03 bits per heavy atom. The largest absolute Gasteiger partial charge is 0.454 e. The third kappa shape index (κ3) is 3.78. The molecule has 8 heteroatoms. The maximum absolute atomic E-state index is 13.3. The van der Waals surface area contributed by atoms with Crippen LogP contribution in [-0.2, 0) is 13.1 Å². The van der Waals surface area contributed by atoms with Gasteiger partial charge in [-0.1, -0.05) is 18.2 Å². The van der Waals surface area contributed by atoms with Crippen molar-refractivity contribution in [3.05, 3.63) is 99.7 Å². The number of rotatable bonds is 5. The highest BCUT2D eigenvalue weighted by Gasteiger charge is 2.18. The van der Waals surface area contributed by atoms with E-state index in [1.165, 1.54) is 16.7 Å². The Kier molecular flexibility index (Phi) is 5.03. The molecule has 0 radical (unpaired) electrons. The van der Waals surface area contributed by atoms with Crippen LogP contribution < -0.4 is 20.3 Å². The predicted octanol–water partition coefficient (Wildman–Crippen LogP) is 3.24. The molecule has 4 aromatic rings. The second-order valence-corrected chi connectivity index (χ2v) is 7.36. The van der Waals surface area contributed by atoms with E-state index in [0.717, 1.165) is 11.1 Å². The highest BCUT2D eigenvalue weighted by molar-refractivity contribution is 5.96. The number of halogens is 1. The number of amides is 1. The molecular formula is C24H18FN3O4. The zero-order valence-electron chi connectivity index (χ0n) is 16.9. The Morgan fingerprint density at radius 3 is 2.66 bits per heavy atom. The monoisotopic (exact) mass is 431 g/mol. The molecule has 0 aliphatic carbocycles. The number of ether oxygens (including phenoxy) is 2. The Bertz CT molecular complexity index is 1380. The topological polar surface area (TPSA) is 82.4 Å². The van der Waals surface area contributed by atoms with Gasteiger partial charge in [0.05, 0.1) is 6.54 Å². The summed E-state index contributed by atoms with van der Waals surface area (Å²) in [6, 6.07) is 16.3. The third-order valence-electron chi connectivity index (χ3n) is 5.24. The molecule has 0 saturated carbocycles. The van der Waals surface area contributed by atoms with Gasteiger partial charge in [0.25, 0.3) is 11.5 Å². The summed E-state index contributed by atoms with van der Waals surface area (Å²) in [4.78, 5) is 30.4. The van der Waals surface area contributed by atoms with E-state index >= 15 is 0 Å². The van der Waals surface area contributed by atoms with Crippen LogP contribution in [0.1, 0.15) is 21.5 Å². The first-order valence-corrected chi connectivity index (χ1v) is 9.98. The lowest BCUT2D eigenvalue weighted by Gasteiger charge is -2.13. The second kappa shape index (κ2) is 8.14. The van der Waals surface area contributed by atoms with E-state index in [1.807, 2.05) is 6.07 Å². The molecule has 1 N–H and O–H groups in total. The average Bonchev–Trinajstić information content (AvgIpc) is 3.28. The number of aromatic nitrogens is 2. The molecule has 0 fully saturated rings. The highest BCUT2D eigenvalue weighted by Crippen LogP contribution is 2.32. The summed E-state index contributed by atoms with van der Waals surface area (Å²) in [5.41, 5.74) is 1.53. The van der Waals surface area contributed by atoms with Crippen molar-refractivity contribution in [1.29, 1.82) is 0 Å². The molecule has 5 rings (SSSR count). The molecule has 7 nitrogen and oxygen atoms in total. The molecule has 1 aliphatic rings. The van der Waals surface area contributed by atoms with Crippen LogP contribution in [0.5, 0.6) is 11.5 Å². The molecule has 160 valence electrons. The molecule has 0 unspecified atom stereocenters. The molecule has 32 heavy (non-hydrogen) atoms. The molecule has 1 amide bonds. The molecule has 1 aliphatic heterocycles. The minimum atomic E-state index is -0.494. The maximum atomic E-state index is 13.3. The molecular weight excluding hydrogens is 413 g/mol. The molecule has 0 atom stereocenters. The molecule has 2 aromatic carbocycles. The van der Waals surface area contributed by atoms with Crippen molar-refractivity contribution in [3.8, 4) is 11.5 Å². The zero-order valence-corrected chi connectivity index (χ0v) is 16.9. The fourth-order valence-corrected chi connectivity index (χ4v) is 3.62. The highest BCUT2D eigenvalue weighted by atomic mass is 19.1. The Hall–Kier alpha value is -4.20. The Labute approximate surface area is 182 Å². The fraction of sp³-hybridized carbons (Fsp3) is 0.125. The Balaban J connectivity index is 1.45. The van der Waals surface area contributed by atoms with E-state index in [0.29, 0.717) is 22.5 Å². The van der Waals surface area contributed by atoms with E-state index in [2.05, 4.69) is 10.3 Å². The summed E-state index contributed by atoms with van der Waals surface area (Å²) >= 11 is 0. The summed E-state index contributed by atoms with van der Waals surface area (Å²) in [5.74, 6) is 0.424. The van der Waals surface area contributed by atoms with Crippen LogP contribution in [0.3, 0.4) is 0 Å². The van der Waals surface area contributed by atoms with Crippen LogP contribution in [0.25, 0.3) is 11.0 Å². The first-order valence-electron chi connectivity index (χ1n) is 9.98. The summed E-state index contributed by atoms with van der Waals surface area (Å²) in [6.07, 6.45) is 1.59. The van der Waals surface area contributed by atoms with Crippen molar-refractivity contribution >= 4 is 16.9 Å². The maximum Gasteiger partial charge on any atom is 0.265 e. The van der Waals surface area contributed by atoms with Gasteiger partial charge in [-0.05, 0) is 53.6 Å². The van der Waals surface area contributed by atoms with E-state index < -0.39 is 11.5 Å². The van der Waals surface area contributed by atoms with Crippen molar-refractivity contribution in [3.63, 3.8) is 0 Å². The van der Waals surface area contributed by atoms with Crippen molar-refractivity contribution in [2.24, 2.45) is 0 Å². The predicted molar refractivity (Wildman–Crippen MR) is 115 cm³/mol. The van der Waals surface area contributed by atoms with Crippen molar-refractivity contribution in [1.82, 2.24) is 14.9 Å². The lowest BCUT2D eigenvalue weighted by Crippen LogP contribution is -2.33. The number of hydrogen-bond donors (Lipinski definition) is 1. The molecule has 2 aromatic heterocycles. The van der Waals surface area contributed by atoms with Gasteiger partial charge in [-0.25, -0.2) is 9.37 Å². The number of benzene rings is 2. The van der Waals surface area contributed by atoms with Gasteiger partial charge in [0.2, 0.25) is 6.79 Å². The number of hydrogen-bond acceptors (Lipinski definition) is 5. The first-order chi connectivity index (χ1) is 15.6. The zero-order chi connectivity index (χ0) is 22.1. The van der Waals surface area contributed by atoms with Crippen molar-refractivity contribution < 1.29 is 18.7 Å². The minimum absolute atomic E-state index is 0.00774. The van der Waals surface area contributed by atoms with Gasteiger partial charge in [0, 0.05) is 18.1 Å². The number of pyridine rings is 2. The van der Waals surface area contributed by atoms with Crippen LogP contribution in [0.4, 0.5) is 4.39 Å². The molecule has 0 spiro atoms. The molecule has 0 saturated heterocycles. The summed E-state index contributed by atoms with van der Waals surface area (Å²) < 4.78 is 25.4. The summed E-state index contributed by atoms with van der Waals surface area (Å²) in [7, 11) is 0. The minimum Gasteiger partial charge on any atom is -0.454 e. The smallest absolute Gasteiger partial charge is 0.265 e. The number of nitrogens with zero attached hydrogens (tertiary/aromatic N) is 2. The van der Waals surface area contributed by atoms with Crippen LogP contribution in [0.2, 0.25) is 0 Å². The number of fused-ring (bicyclic) bond motifs is 2. The van der Waals surface area contributed by atoms with Gasteiger partial charge in [-0.15, -0.1) is 0 Å². The summed E-state index contributed by atoms with van der Waals surface area (Å²) in [5, 5.41) is 3.45. The lowest BCUT2D eigenvalue weighted by atomic mass is 10.1. The fourth-order valence-electron chi connectivity index (χ4n) is 3.62. The van der Waals surface area contributed by atoms with Gasteiger partial charge in [-0.2, -0.15) is 0 Å². The van der Waals surface area contributed by atoms with Crippen LogP contribution >= 0.6 is 0 Å². The van der Waals surface area contributed by atoms with Gasteiger partial charge in [0.15, 0.2) is 11.5 Å². The third-order valence-corrected chi connectivity index (χ3v) is 5.24. The van der Waals surface area contributed by atoms with E-state index in [1.54, 1.807) is 48.7 Å². The van der Waals surface area contributed by atoms with E-state index in [4.69, 9.17) is 9.47 Å². The van der Waals surface area contributed by atoms with Gasteiger partial charge >= 0.3 is 0 Å². The quantitative estimate of drug-likeness (QED) is 0.525. The standard InChI is InChI=1S/C24H18FN3O4/c25-18-6-3-15(4-7-18)13-28-22-17(2-1-9-26-22)11-19(24(28)30)23(29)27-12-16-5-8-20-21(10-16)32-14-31-20/h1-11H,12-14H2,(H,27,29). The van der Waals surface area contributed by atoms with Crippen LogP contribution in [0.15, 0.2) is 71.7 Å². The molecule has 0 bridgehead atoms. The average molecular weight is 431 g/mol. The van der Waals surface area contributed by atoms with E-state index in [-0.39, 0.29) is 31.3 Å². The Morgan fingerprint density at radius 2 is 1.81 bits per heavy atom. The van der Waals surface area contributed by atoms with Crippen molar-refractivity contribution in [2.75, 3.05) is 6.79 Å². The first kappa shape index (κ1) is 19.7. The van der Waals surface area contributed by atoms with Gasteiger partial charge < -0.3 is 14.8 Å².